The molecule has 1 fully saturated rings. The van der Waals surface area contributed by atoms with Crippen LogP contribution in [0.15, 0.2) is 42.5 Å². The van der Waals surface area contributed by atoms with E-state index in [-0.39, 0.29) is 5.91 Å². The summed E-state index contributed by atoms with van der Waals surface area (Å²) in [6.07, 6.45) is 2.23. The van der Waals surface area contributed by atoms with Gasteiger partial charge in [0.2, 0.25) is 0 Å². The minimum absolute atomic E-state index is 0.110. The molecule has 0 bridgehead atoms. The van der Waals surface area contributed by atoms with E-state index in [0.717, 1.165) is 49.3 Å². The zero-order chi connectivity index (χ0) is 20.9. The number of likely N-dealkylation sites (tertiary alicyclic amines) is 1. The summed E-state index contributed by atoms with van der Waals surface area (Å²) in [6, 6.07) is 13.3. The highest BCUT2D eigenvalue weighted by Crippen LogP contribution is 2.23. The number of nitrogens with one attached hydrogen (secondary N) is 2. The van der Waals surface area contributed by atoms with Crippen molar-refractivity contribution in [3.8, 4) is 11.5 Å². The van der Waals surface area contributed by atoms with Crippen molar-refractivity contribution in [2.24, 2.45) is 5.92 Å². The number of nitrogens with zero attached hydrogens (tertiary/aromatic N) is 2. The van der Waals surface area contributed by atoms with E-state index in [9.17, 15) is 4.79 Å². The van der Waals surface area contributed by atoms with Crippen LogP contribution in [0, 0.1) is 5.92 Å². The number of hydrogen-bond acceptors (Lipinski definition) is 5. The molecule has 1 saturated heterocycles. The predicted molar refractivity (Wildman–Crippen MR) is 116 cm³/mol. The first-order chi connectivity index (χ1) is 14.6. The summed E-state index contributed by atoms with van der Waals surface area (Å²) in [7, 11) is 3.16. The van der Waals surface area contributed by atoms with Crippen molar-refractivity contribution in [3.05, 3.63) is 53.9 Å². The molecule has 0 spiro atoms. The van der Waals surface area contributed by atoms with Gasteiger partial charge < -0.3 is 19.8 Å². The molecular weight excluding hydrogens is 380 g/mol. The van der Waals surface area contributed by atoms with Gasteiger partial charge in [0.15, 0.2) is 0 Å². The zero-order valence-electron chi connectivity index (χ0n) is 17.5. The predicted octanol–water partition coefficient (Wildman–Crippen LogP) is 3.22. The number of hydrogen-bond donors (Lipinski definition) is 2. The van der Waals surface area contributed by atoms with Crippen molar-refractivity contribution >= 4 is 16.9 Å². The van der Waals surface area contributed by atoms with Gasteiger partial charge in [0.1, 0.15) is 17.3 Å². The van der Waals surface area contributed by atoms with Gasteiger partial charge in [-0.05, 0) is 49.6 Å². The number of rotatable bonds is 7. The molecule has 7 heteroatoms. The van der Waals surface area contributed by atoms with Gasteiger partial charge in [-0.3, -0.25) is 9.69 Å². The number of imidazole rings is 1. The second-order valence-electron chi connectivity index (χ2n) is 7.76. The van der Waals surface area contributed by atoms with E-state index in [1.165, 1.54) is 0 Å². The average molecular weight is 409 g/mol. The number of para-hydroxylation sites is 2. The van der Waals surface area contributed by atoms with Crippen molar-refractivity contribution in [1.29, 1.82) is 0 Å². The third-order valence-corrected chi connectivity index (χ3v) is 5.58. The van der Waals surface area contributed by atoms with Crippen LogP contribution in [0.2, 0.25) is 0 Å². The van der Waals surface area contributed by atoms with Crippen LogP contribution in [0.4, 0.5) is 0 Å². The van der Waals surface area contributed by atoms with Gasteiger partial charge in [-0.1, -0.05) is 12.1 Å². The Hall–Kier alpha value is -3.06. The standard InChI is InChI=1S/C23H28N4O3/c1-29-18-10-17(11-19(12-18)30-2)23(28)24-13-16-6-5-9-27(14-16)15-22-25-20-7-3-4-8-21(20)26-22/h3-4,7-8,10-12,16H,5-6,9,13-15H2,1-2H3,(H,24,28)(H,25,26)/t16-/m1/s1. The maximum absolute atomic E-state index is 12.6. The Morgan fingerprint density at radius 1 is 1.20 bits per heavy atom. The van der Waals surface area contributed by atoms with Gasteiger partial charge in [0.25, 0.3) is 5.91 Å². The van der Waals surface area contributed by atoms with E-state index < -0.39 is 0 Å². The Bertz CT molecular complexity index is 961. The number of methoxy groups -OCH3 is 2. The number of ether oxygens (including phenoxy) is 2. The quantitative estimate of drug-likeness (QED) is 0.628. The first-order valence-electron chi connectivity index (χ1n) is 10.3. The monoisotopic (exact) mass is 408 g/mol. The van der Waals surface area contributed by atoms with Crippen LogP contribution in [0.25, 0.3) is 11.0 Å². The summed E-state index contributed by atoms with van der Waals surface area (Å²) < 4.78 is 10.5. The van der Waals surface area contributed by atoms with Crippen LogP contribution in [0.5, 0.6) is 11.5 Å². The molecule has 1 atom stereocenters. The van der Waals surface area contributed by atoms with Gasteiger partial charge in [-0.15, -0.1) is 0 Å². The molecule has 2 N–H and O–H groups in total. The van der Waals surface area contributed by atoms with E-state index in [1.54, 1.807) is 32.4 Å². The lowest BCUT2D eigenvalue weighted by Crippen LogP contribution is -2.40. The molecule has 158 valence electrons. The Balaban J connectivity index is 1.33. The number of H-pyrrole nitrogens is 1. The third-order valence-electron chi connectivity index (χ3n) is 5.58. The molecule has 1 aliphatic rings. The molecule has 0 saturated carbocycles. The van der Waals surface area contributed by atoms with E-state index in [1.807, 2.05) is 24.3 Å². The highest BCUT2D eigenvalue weighted by Gasteiger charge is 2.22. The Kier molecular flexibility index (Phi) is 6.18. The Labute approximate surface area is 176 Å². The van der Waals surface area contributed by atoms with Crippen LogP contribution >= 0.6 is 0 Å². The van der Waals surface area contributed by atoms with Crippen molar-refractivity contribution < 1.29 is 14.3 Å². The molecule has 1 amide bonds. The molecule has 30 heavy (non-hydrogen) atoms. The van der Waals surface area contributed by atoms with Gasteiger partial charge in [-0.25, -0.2) is 4.98 Å². The minimum atomic E-state index is -0.110. The molecule has 7 nitrogen and oxygen atoms in total. The molecule has 2 heterocycles. The molecule has 2 aromatic carbocycles. The van der Waals surface area contributed by atoms with E-state index >= 15 is 0 Å². The first-order valence-corrected chi connectivity index (χ1v) is 10.3. The van der Waals surface area contributed by atoms with Crippen molar-refractivity contribution in [3.63, 3.8) is 0 Å². The number of aromatic amines is 1. The Morgan fingerprint density at radius 2 is 1.97 bits per heavy atom. The smallest absolute Gasteiger partial charge is 0.251 e. The molecule has 3 aromatic rings. The molecular formula is C23H28N4O3. The lowest BCUT2D eigenvalue weighted by molar-refractivity contribution is 0.0929. The summed E-state index contributed by atoms with van der Waals surface area (Å²) >= 11 is 0. The second kappa shape index (κ2) is 9.17. The summed E-state index contributed by atoms with van der Waals surface area (Å²) in [5.41, 5.74) is 2.62. The SMILES string of the molecule is COc1cc(OC)cc(C(=O)NC[C@H]2CCCN(Cc3nc4ccccc4[nH]3)C2)c1. The fourth-order valence-electron chi connectivity index (χ4n) is 4.03. The fraction of sp³-hybridized carbons (Fsp3) is 0.391. The lowest BCUT2D eigenvalue weighted by Gasteiger charge is -2.32. The van der Waals surface area contributed by atoms with E-state index in [4.69, 9.17) is 9.47 Å². The maximum Gasteiger partial charge on any atom is 0.251 e. The molecule has 1 aliphatic heterocycles. The van der Waals surface area contributed by atoms with E-state index in [0.29, 0.717) is 29.5 Å². The van der Waals surface area contributed by atoms with Crippen LogP contribution in [0.1, 0.15) is 29.0 Å². The summed E-state index contributed by atoms with van der Waals surface area (Å²) in [5.74, 6) is 2.51. The van der Waals surface area contributed by atoms with Crippen LogP contribution in [-0.4, -0.2) is 54.6 Å². The van der Waals surface area contributed by atoms with Gasteiger partial charge in [0.05, 0.1) is 31.8 Å². The zero-order valence-corrected chi connectivity index (χ0v) is 17.5. The summed E-state index contributed by atoms with van der Waals surface area (Å²) in [5, 5.41) is 3.08. The minimum Gasteiger partial charge on any atom is -0.497 e. The summed E-state index contributed by atoms with van der Waals surface area (Å²) in [4.78, 5) is 23.1. The van der Waals surface area contributed by atoms with E-state index in [2.05, 4.69) is 20.2 Å². The average Bonchev–Trinajstić information content (AvgIpc) is 3.19. The first kappa shape index (κ1) is 20.2. The van der Waals surface area contributed by atoms with Crippen LogP contribution in [-0.2, 0) is 6.54 Å². The Morgan fingerprint density at radius 3 is 2.70 bits per heavy atom. The normalized spacial score (nSPS) is 17.1. The highest BCUT2D eigenvalue weighted by molar-refractivity contribution is 5.95. The van der Waals surface area contributed by atoms with Gasteiger partial charge in [-0.2, -0.15) is 0 Å². The van der Waals surface area contributed by atoms with Crippen molar-refractivity contribution in [2.75, 3.05) is 33.9 Å². The van der Waals surface area contributed by atoms with Gasteiger partial charge in [0, 0.05) is 24.7 Å². The number of piperidine rings is 1. The number of aromatic nitrogens is 2. The topological polar surface area (TPSA) is 79.5 Å². The molecule has 0 aliphatic carbocycles. The molecule has 4 rings (SSSR count). The van der Waals surface area contributed by atoms with Crippen molar-refractivity contribution in [2.45, 2.75) is 19.4 Å². The maximum atomic E-state index is 12.6. The summed E-state index contributed by atoms with van der Waals surface area (Å²) in [6.45, 7) is 3.44. The fourth-order valence-corrected chi connectivity index (χ4v) is 4.03. The number of carbonyl (C=O) groups excluding carboxylic acids is 1. The molecule has 1 aromatic heterocycles. The van der Waals surface area contributed by atoms with Crippen LogP contribution < -0.4 is 14.8 Å². The van der Waals surface area contributed by atoms with Crippen LogP contribution in [0.3, 0.4) is 0 Å². The van der Waals surface area contributed by atoms with Crippen molar-refractivity contribution in [1.82, 2.24) is 20.2 Å². The number of amides is 1. The number of carbonyl (C=O) groups is 1. The number of benzene rings is 2. The third kappa shape index (κ3) is 4.74. The second-order valence-corrected chi connectivity index (χ2v) is 7.76. The van der Waals surface area contributed by atoms with Gasteiger partial charge >= 0.3 is 0 Å². The number of fused-ring (bicyclic) bond motifs is 1. The largest absolute Gasteiger partial charge is 0.497 e. The highest BCUT2D eigenvalue weighted by atomic mass is 16.5. The molecule has 0 unspecified atom stereocenters. The lowest BCUT2D eigenvalue weighted by atomic mass is 9.98. The molecule has 0 radical (unpaired) electrons.